The highest BCUT2D eigenvalue weighted by Crippen LogP contribution is 2.22. The van der Waals surface area contributed by atoms with Crippen LogP contribution in [0.3, 0.4) is 0 Å². The number of nitro benzene ring substituents is 1. The van der Waals surface area contributed by atoms with Crippen molar-refractivity contribution in [3.05, 3.63) is 33.9 Å². The Labute approximate surface area is 129 Å². The van der Waals surface area contributed by atoms with Gasteiger partial charge in [0.05, 0.1) is 4.92 Å². The third kappa shape index (κ3) is 4.17. The molecule has 7 heteroatoms. The van der Waals surface area contributed by atoms with E-state index in [0.29, 0.717) is 23.7 Å². The van der Waals surface area contributed by atoms with Crippen LogP contribution in [0.15, 0.2) is 18.2 Å². The first kappa shape index (κ1) is 16.2. The van der Waals surface area contributed by atoms with Crippen molar-refractivity contribution in [3.63, 3.8) is 0 Å². The second-order valence-corrected chi connectivity index (χ2v) is 5.62. The number of amides is 2. The Balaban J connectivity index is 1.93. The highest BCUT2D eigenvalue weighted by atomic mass is 16.6. The van der Waals surface area contributed by atoms with E-state index in [-0.39, 0.29) is 11.7 Å². The largest absolute Gasteiger partial charge is 0.381 e. The number of aryl methyl sites for hydroxylation is 1. The number of anilines is 1. The minimum atomic E-state index is -0.432. The van der Waals surface area contributed by atoms with Crippen molar-refractivity contribution in [2.45, 2.75) is 19.8 Å². The number of nitrogens with one attached hydrogen (secondary N) is 1. The van der Waals surface area contributed by atoms with Crippen molar-refractivity contribution in [1.29, 1.82) is 0 Å². The monoisotopic (exact) mass is 307 g/mol. The summed E-state index contributed by atoms with van der Waals surface area (Å²) in [5.74, 6) is 0.461. The number of carbonyl (C=O) groups is 1. The van der Waals surface area contributed by atoms with Gasteiger partial charge in [-0.25, -0.2) is 4.79 Å². The zero-order valence-electron chi connectivity index (χ0n) is 12.9. The summed E-state index contributed by atoms with van der Waals surface area (Å²) in [4.78, 5) is 24.2. The van der Waals surface area contributed by atoms with Crippen LogP contribution in [0.2, 0.25) is 0 Å². The molecule has 22 heavy (non-hydrogen) atoms. The van der Waals surface area contributed by atoms with Crippen LogP contribution >= 0.6 is 0 Å². The van der Waals surface area contributed by atoms with Gasteiger partial charge in [0.2, 0.25) is 0 Å². The zero-order valence-corrected chi connectivity index (χ0v) is 12.9. The summed E-state index contributed by atoms with van der Waals surface area (Å²) in [6.07, 6.45) is 1.93. The van der Waals surface area contributed by atoms with Gasteiger partial charge in [0, 0.05) is 44.1 Å². The first-order valence-electron chi connectivity index (χ1n) is 7.32. The van der Waals surface area contributed by atoms with E-state index in [2.05, 4.69) is 5.32 Å². The number of urea groups is 1. The minimum absolute atomic E-state index is 0.0496. The molecule has 1 fully saturated rings. The van der Waals surface area contributed by atoms with Gasteiger partial charge in [-0.3, -0.25) is 10.1 Å². The summed E-state index contributed by atoms with van der Waals surface area (Å²) in [5.41, 5.74) is 1.13. The maximum Gasteiger partial charge on any atom is 0.321 e. The Hall–Kier alpha value is -2.15. The number of nitro groups is 1. The van der Waals surface area contributed by atoms with Crippen molar-refractivity contribution in [2.75, 3.05) is 32.1 Å². The molecule has 0 bridgehead atoms. The van der Waals surface area contributed by atoms with Gasteiger partial charge in [0.15, 0.2) is 0 Å². The topological polar surface area (TPSA) is 84.7 Å². The minimum Gasteiger partial charge on any atom is -0.381 e. The highest BCUT2D eigenvalue weighted by molar-refractivity contribution is 5.89. The van der Waals surface area contributed by atoms with Gasteiger partial charge in [0.1, 0.15) is 0 Å². The number of hydrogen-bond donors (Lipinski definition) is 1. The lowest BCUT2D eigenvalue weighted by Crippen LogP contribution is -2.36. The molecular weight excluding hydrogens is 286 g/mol. The normalized spacial score (nSPS) is 15.4. The lowest BCUT2D eigenvalue weighted by Gasteiger charge is -2.27. The highest BCUT2D eigenvalue weighted by Gasteiger charge is 2.19. The molecule has 1 N–H and O–H groups in total. The molecule has 0 atom stereocenters. The summed E-state index contributed by atoms with van der Waals surface area (Å²) in [5, 5.41) is 13.6. The molecule has 7 nitrogen and oxygen atoms in total. The second kappa shape index (κ2) is 7.22. The fourth-order valence-corrected chi connectivity index (χ4v) is 2.56. The summed E-state index contributed by atoms with van der Waals surface area (Å²) in [7, 11) is 1.75. The van der Waals surface area contributed by atoms with E-state index >= 15 is 0 Å². The standard InChI is InChI=1S/C15H21N3O4/c1-11-9-13(3-4-14(11)18(20)21)16-15(19)17(2)10-12-5-7-22-8-6-12/h3-4,9,12H,5-8,10H2,1-2H3,(H,16,19). The van der Waals surface area contributed by atoms with Crippen LogP contribution in [0.5, 0.6) is 0 Å². The third-order valence-corrected chi connectivity index (χ3v) is 3.86. The van der Waals surface area contributed by atoms with Crippen LogP contribution in [0.4, 0.5) is 16.2 Å². The molecule has 1 heterocycles. The molecule has 1 aromatic carbocycles. The predicted octanol–water partition coefficient (Wildman–Crippen LogP) is 2.79. The van der Waals surface area contributed by atoms with Crippen LogP contribution in [-0.4, -0.2) is 42.7 Å². The Kier molecular flexibility index (Phi) is 5.32. The van der Waals surface area contributed by atoms with E-state index in [0.717, 1.165) is 26.1 Å². The predicted molar refractivity (Wildman–Crippen MR) is 83.0 cm³/mol. The second-order valence-electron chi connectivity index (χ2n) is 5.62. The lowest BCUT2D eigenvalue weighted by atomic mass is 10.00. The number of carbonyl (C=O) groups excluding carboxylic acids is 1. The van der Waals surface area contributed by atoms with Gasteiger partial charge < -0.3 is 15.0 Å². The Morgan fingerprint density at radius 2 is 2.14 bits per heavy atom. The van der Waals surface area contributed by atoms with Crippen molar-refractivity contribution in [2.24, 2.45) is 5.92 Å². The summed E-state index contributed by atoms with van der Waals surface area (Å²) < 4.78 is 5.31. The van der Waals surface area contributed by atoms with Crippen molar-refractivity contribution in [1.82, 2.24) is 4.90 Å². The SMILES string of the molecule is Cc1cc(NC(=O)N(C)CC2CCOCC2)ccc1[N+](=O)[O-]. The van der Waals surface area contributed by atoms with Crippen molar-refractivity contribution < 1.29 is 14.5 Å². The maximum absolute atomic E-state index is 12.2. The molecule has 0 radical (unpaired) electrons. The first-order chi connectivity index (χ1) is 10.5. The number of rotatable bonds is 4. The molecule has 0 aromatic heterocycles. The molecule has 120 valence electrons. The molecule has 0 unspecified atom stereocenters. The lowest BCUT2D eigenvalue weighted by molar-refractivity contribution is -0.385. The third-order valence-electron chi connectivity index (χ3n) is 3.86. The first-order valence-corrected chi connectivity index (χ1v) is 7.32. The van der Waals surface area contributed by atoms with E-state index in [1.165, 1.54) is 6.07 Å². The Morgan fingerprint density at radius 3 is 2.73 bits per heavy atom. The molecule has 0 saturated carbocycles. The van der Waals surface area contributed by atoms with Gasteiger partial charge in [0.25, 0.3) is 5.69 Å². The zero-order chi connectivity index (χ0) is 16.1. The fraction of sp³-hybridized carbons (Fsp3) is 0.533. The number of nitrogens with zero attached hydrogens (tertiary/aromatic N) is 2. The summed E-state index contributed by atoms with van der Waals surface area (Å²) in [6.45, 7) is 3.84. The number of hydrogen-bond acceptors (Lipinski definition) is 4. The average molecular weight is 307 g/mol. The van der Waals surface area contributed by atoms with E-state index in [1.54, 1.807) is 31.0 Å². The number of ether oxygens (including phenoxy) is 1. The van der Waals surface area contributed by atoms with Crippen LogP contribution in [0.25, 0.3) is 0 Å². The van der Waals surface area contributed by atoms with Gasteiger partial charge in [-0.2, -0.15) is 0 Å². The van der Waals surface area contributed by atoms with Gasteiger partial charge >= 0.3 is 6.03 Å². The van der Waals surface area contributed by atoms with Gasteiger partial charge in [-0.15, -0.1) is 0 Å². The smallest absolute Gasteiger partial charge is 0.321 e. The molecule has 0 spiro atoms. The van der Waals surface area contributed by atoms with Crippen LogP contribution in [0.1, 0.15) is 18.4 Å². The molecule has 1 aromatic rings. The van der Waals surface area contributed by atoms with E-state index in [1.807, 2.05) is 0 Å². The van der Waals surface area contributed by atoms with Crippen molar-refractivity contribution in [3.8, 4) is 0 Å². The van der Waals surface area contributed by atoms with Gasteiger partial charge in [-0.1, -0.05) is 0 Å². The Bertz CT molecular complexity index is 556. The molecule has 0 aliphatic carbocycles. The summed E-state index contributed by atoms with van der Waals surface area (Å²) in [6, 6.07) is 4.35. The van der Waals surface area contributed by atoms with Crippen molar-refractivity contribution >= 4 is 17.4 Å². The maximum atomic E-state index is 12.2. The fourth-order valence-electron chi connectivity index (χ4n) is 2.56. The van der Waals surface area contributed by atoms with Crippen LogP contribution in [-0.2, 0) is 4.74 Å². The van der Waals surface area contributed by atoms with E-state index < -0.39 is 4.92 Å². The average Bonchev–Trinajstić information content (AvgIpc) is 2.47. The molecular formula is C15H21N3O4. The Morgan fingerprint density at radius 1 is 1.45 bits per heavy atom. The van der Waals surface area contributed by atoms with E-state index in [9.17, 15) is 14.9 Å². The van der Waals surface area contributed by atoms with E-state index in [4.69, 9.17) is 4.74 Å². The van der Waals surface area contributed by atoms with Crippen LogP contribution < -0.4 is 5.32 Å². The molecule has 1 saturated heterocycles. The molecule has 1 aliphatic rings. The molecule has 2 rings (SSSR count). The quantitative estimate of drug-likeness (QED) is 0.684. The molecule has 1 aliphatic heterocycles. The van der Waals surface area contributed by atoms with Gasteiger partial charge in [-0.05, 0) is 37.8 Å². The number of benzene rings is 1. The van der Waals surface area contributed by atoms with Crippen LogP contribution in [0, 0.1) is 23.0 Å². The summed E-state index contributed by atoms with van der Waals surface area (Å²) >= 11 is 0. The molecule has 2 amide bonds.